The summed E-state index contributed by atoms with van der Waals surface area (Å²) in [5.41, 5.74) is 0. The molecule has 92 valence electrons. The lowest BCUT2D eigenvalue weighted by Gasteiger charge is -2.35. The highest BCUT2D eigenvalue weighted by Gasteiger charge is 2.37. The largest absolute Gasteiger partial charge is 0.299 e. The number of ketones is 1. The average Bonchev–Trinajstić information content (AvgIpc) is 2.29. The lowest BCUT2D eigenvalue weighted by Crippen LogP contribution is -2.36. The summed E-state index contributed by atoms with van der Waals surface area (Å²) in [6.07, 6.45) is 16.0. The van der Waals surface area contributed by atoms with Gasteiger partial charge in [0.25, 0.3) is 0 Å². The molecule has 2 aliphatic rings. The van der Waals surface area contributed by atoms with Crippen LogP contribution in [0, 0.1) is 11.8 Å². The molecule has 16 heavy (non-hydrogen) atoms. The molecule has 0 bridgehead atoms. The maximum atomic E-state index is 11.5. The molecule has 1 nitrogen and oxygen atoms in total. The van der Waals surface area contributed by atoms with Crippen LogP contribution >= 0.6 is 0 Å². The van der Waals surface area contributed by atoms with Crippen LogP contribution in [0.2, 0.25) is 0 Å². The van der Waals surface area contributed by atoms with Crippen molar-refractivity contribution >= 4 is 5.78 Å². The molecule has 2 rings (SSSR count). The van der Waals surface area contributed by atoms with E-state index in [1.807, 2.05) is 0 Å². The molecule has 0 heterocycles. The van der Waals surface area contributed by atoms with Crippen LogP contribution in [-0.2, 0) is 4.79 Å². The zero-order valence-corrected chi connectivity index (χ0v) is 10.5. The van der Waals surface area contributed by atoms with E-state index in [0.717, 1.165) is 12.3 Å². The van der Waals surface area contributed by atoms with Gasteiger partial charge in [-0.1, -0.05) is 57.8 Å². The Morgan fingerprint density at radius 3 is 1.75 bits per heavy atom. The summed E-state index contributed by atoms with van der Waals surface area (Å²) < 4.78 is 0. The van der Waals surface area contributed by atoms with Crippen molar-refractivity contribution in [2.45, 2.75) is 77.0 Å². The highest BCUT2D eigenvalue weighted by atomic mass is 16.1. The number of fused-ring (bicyclic) bond motifs is 1. The number of hydrogen-bond acceptors (Lipinski definition) is 1. The molecular weight excluding hydrogens is 196 g/mol. The van der Waals surface area contributed by atoms with Gasteiger partial charge in [-0.15, -0.1) is 0 Å². The summed E-state index contributed by atoms with van der Waals surface area (Å²) >= 11 is 0. The number of carbonyl (C=O) groups is 1. The van der Waals surface area contributed by atoms with E-state index >= 15 is 0 Å². The van der Waals surface area contributed by atoms with E-state index in [0.29, 0.717) is 11.7 Å². The number of hydrogen-bond donors (Lipinski definition) is 0. The van der Waals surface area contributed by atoms with Gasteiger partial charge in [-0.3, -0.25) is 4.79 Å². The van der Waals surface area contributed by atoms with Crippen LogP contribution in [-0.4, -0.2) is 5.78 Å². The standard InChI is InChI=1S/C15H26O/c16-15-12-13-10-8-6-4-2-1-3-5-7-9-11-14(13)15/h13-14H,1-12H2. The van der Waals surface area contributed by atoms with Crippen molar-refractivity contribution < 1.29 is 4.79 Å². The van der Waals surface area contributed by atoms with E-state index < -0.39 is 0 Å². The minimum absolute atomic E-state index is 0.473. The summed E-state index contributed by atoms with van der Waals surface area (Å²) in [6.45, 7) is 0. The Morgan fingerprint density at radius 2 is 1.19 bits per heavy atom. The summed E-state index contributed by atoms with van der Waals surface area (Å²) in [5.74, 6) is 1.81. The molecule has 1 heteroatoms. The normalized spacial score (nSPS) is 33.9. The lowest BCUT2D eigenvalue weighted by atomic mass is 9.68. The topological polar surface area (TPSA) is 17.1 Å². The fourth-order valence-corrected chi connectivity index (χ4v) is 3.36. The first-order valence-electron chi connectivity index (χ1n) is 7.40. The van der Waals surface area contributed by atoms with Crippen molar-refractivity contribution in [3.05, 3.63) is 0 Å². The van der Waals surface area contributed by atoms with Gasteiger partial charge in [0.15, 0.2) is 0 Å². The number of rotatable bonds is 0. The summed E-state index contributed by atoms with van der Waals surface area (Å²) in [6, 6.07) is 0. The monoisotopic (exact) mass is 222 g/mol. The van der Waals surface area contributed by atoms with Crippen LogP contribution in [0.1, 0.15) is 77.0 Å². The third-order valence-electron chi connectivity index (χ3n) is 4.54. The van der Waals surface area contributed by atoms with Crippen molar-refractivity contribution in [2.24, 2.45) is 11.8 Å². The molecule has 0 aromatic rings. The second-order valence-corrected chi connectivity index (χ2v) is 5.80. The molecule has 2 unspecified atom stereocenters. The molecule has 2 atom stereocenters. The van der Waals surface area contributed by atoms with Gasteiger partial charge >= 0.3 is 0 Å². The Morgan fingerprint density at radius 1 is 0.688 bits per heavy atom. The third kappa shape index (κ3) is 3.33. The van der Waals surface area contributed by atoms with Crippen molar-refractivity contribution in [1.29, 1.82) is 0 Å². The van der Waals surface area contributed by atoms with E-state index in [-0.39, 0.29) is 0 Å². The maximum absolute atomic E-state index is 11.5. The van der Waals surface area contributed by atoms with Gasteiger partial charge < -0.3 is 0 Å². The van der Waals surface area contributed by atoms with Crippen LogP contribution in [0.25, 0.3) is 0 Å². The predicted octanol–water partition coefficient (Wildman–Crippen LogP) is 4.50. The van der Waals surface area contributed by atoms with Gasteiger partial charge in [-0.25, -0.2) is 0 Å². The van der Waals surface area contributed by atoms with Crippen molar-refractivity contribution in [2.75, 3.05) is 0 Å². The van der Waals surface area contributed by atoms with E-state index in [1.54, 1.807) is 0 Å². The Hall–Kier alpha value is -0.330. The minimum Gasteiger partial charge on any atom is -0.299 e. The molecule has 0 N–H and O–H groups in total. The van der Waals surface area contributed by atoms with Gasteiger partial charge in [0.1, 0.15) is 5.78 Å². The maximum Gasteiger partial charge on any atom is 0.136 e. The molecule has 2 aliphatic carbocycles. The zero-order chi connectivity index (χ0) is 11.2. The Labute approximate surface area is 100.0 Å². The molecule has 0 aromatic carbocycles. The fraction of sp³-hybridized carbons (Fsp3) is 0.933. The fourth-order valence-electron chi connectivity index (χ4n) is 3.36. The second kappa shape index (κ2) is 6.42. The van der Waals surface area contributed by atoms with Gasteiger partial charge in [-0.2, -0.15) is 0 Å². The van der Waals surface area contributed by atoms with Crippen LogP contribution in [0.15, 0.2) is 0 Å². The predicted molar refractivity (Wildman–Crippen MR) is 67.4 cm³/mol. The molecule has 0 saturated heterocycles. The Balaban J connectivity index is 1.76. The van der Waals surface area contributed by atoms with Crippen molar-refractivity contribution in [3.8, 4) is 0 Å². The van der Waals surface area contributed by atoms with Gasteiger partial charge in [0.2, 0.25) is 0 Å². The Kier molecular flexibility index (Phi) is 4.87. The molecule has 0 spiro atoms. The first kappa shape index (κ1) is 12.1. The number of Topliss-reactive ketones (excluding diaryl/α,β-unsaturated/α-hetero) is 1. The van der Waals surface area contributed by atoms with Crippen LogP contribution in [0.4, 0.5) is 0 Å². The summed E-state index contributed by atoms with van der Waals surface area (Å²) in [7, 11) is 0. The first-order chi connectivity index (χ1) is 7.88. The van der Waals surface area contributed by atoms with Crippen molar-refractivity contribution in [1.82, 2.24) is 0 Å². The minimum atomic E-state index is 0.473. The van der Waals surface area contributed by atoms with E-state index in [9.17, 15) is 4.79 Å². The quantitative estimate of drug-likeness (QED) is 0.590. The molecule has 2 fully saturated rings. The van der Waals surface area contributed by atoms with Gasteiger partial charge in [-0.05, 0) is 18.8 Å². The number of carbonyl (C=O) groups excluding carboxylic acids is 1. The average molecular weight is 222 g/mol. The summed E-state index contributed by atoms with van der Waals surface area (Å²) in [5, 5.41) is 0. The van der Waals surface area contributed by atoms with Crippen LogP contribution in [0.5, 0.6) is 0 Å². The lowest BCUT2D eigenvalue weighted by molar-refractivity contribution is -0.134. The first-order valence-corrected chi connectivity index (χ1v) is 7.40. The SMILES string of the molecule is O=C1CC2CCCCCCCCCCCC12. The van der Waals surface area contributed by atoms with Gasteiger partial charge in [0.05, 0.1) is 0 Å². The highest BCUT2D eigenvalue weighted by molar-refractivity contribution is 5.87. The van der Waals surface area contributed by atoms with E-state index in [4.69, 9.17) is 0 Å². The Bertz CT molecular complexity index is 221. The highest BCUT2D eigenvalue weighted by Crippen LogP contribution is 2.38. The smallest absolute Gasteiger partial charge is 0.136 e. The van der Waals surface area contributed by atoms with Gasteiger partial charge in [0, 0.05) is 12.3 Å². The van der Waals surface area contributed by atoms with E-state index in [2.05, 4.69) is 0 Å². The molecule has 0 amide bonds. The molecule has 0 aromatic heterocycles. The molecule has 2 saturated carbocycles. The third-order valence-corrected chi connectivity index (χ3v) is 4.54. The van der Waals surface area contributed by atoms with E-state index in [1.165, 1.54) is 70.6 Å². The summed E-state index contributed by atoms with van der Waals surface area (Å²) in [4.78, 5) is 11.5. The molecule has 0 radical (unpaired) electrons. The molecule has 0 aliphatic heterocycles. The molecular formula is C15H26O. The van der Waals surface area contributed by atoms with Crippen molar-refractivity contribution in [3.63, 3.8) is 0 Å². The zero-order valence-electron chi connectivity index (χ0n) is 10.5. The van der Waals surface area contributed by atoms with Crippen LogP contribution < -0.4 is 0 Å². The second-order valence-electron chi connectivity index (χ2n) is 5.80. The van der Waals surface area contributed by atoms with Crippen LogP contribution in [0.3, 0.4) is 0 Å².